The standard InChI is InChI=1S/C16H22N4O3/c1-11(2)20-9-14(17-18-20)16(22)6-4-7-19(10-16)15(21)13-5-8-23-12(13)3/h5,8-9,11,22H,4,6-7,10H2,1-3H3/t16-/m0/s1. The van der Waals surface area contributed by atoms with E-state index in [4.69, 9.17) is 4.42 Å². The van der Waals surface area contributed by atoms with Crippen molar-refractivity contribution in [3.8, 4) is 0 Å². The number of piperidine rings is 1. The molecule has 23 heavy (non-hydrogen) atoms. The van der Waals surface area contributed by atoms with Crippen molar-refractivity contribution in [1.82, 2.24) is 19.9 Å². The van der Waals surface area contributed by atoms with E-state index in [0.717, 1.165) is 0 Å². The smallest absolute Gasteiger partial charge is 0.257 e. The van der Waals surface area contributed by atoms with E-state index < -0.39 is 5.60 Å². The Hall–Kier alpha value is -2.15. The molecule has 3 rings (SSSR count). The first-order valence-corrected chi connectivity index (χ1v) is 7.89. The first kappa shape index (κ1) is 15.7. The highest BCUT2D eigenvalue weighted by atomic mass is 16.3. The van der Waals surface area contributed by atoms with Crippen molar-refractivity contribution in [2.45, 2.75) is 45.3 Å². The lowest BCUT2D eigenvalue weighted by molar-refractivity contribution is -0.0321. The van der Waals surface area contributed by atoms with Gasteiger partial charge in [0.15, 0.2) is 0 Å². The molecule has 0 spiro atoms. The molecule has 1 saturated heterocycles. The van der Waals surface area contributed by atoms with Gasteiger partial charge >= 0.3 is 0 Å². The molecule has 7 nitrogen and oxygen atoms in total. The van der Waals surface area contributed by atoms with Crippen LogP contribution in [-0.2, 0) is 5.60 Å². The quantitative estimate of drug-likeness (QED) is 0.934. The van der Waals surface area contributed by atoms with Crippen molar-refractivity contribution in [3.05, 3.63) is 35.5 Å². The maximum atomic E-state index is 12.6. The third-order valence-corrected chi connectivity index (χ3v) is 4.36. The zero-order valence-corrected chi connectivity index (χ0v) is 13.7. The van der Waals surface area contributed by atoms with Gasteiger partial charge in [0.1, 0.15) is 17.1 Å². The second kappa shape index (κ2) is 5.81. The van der Waals surface area contributed by atoms with E-state index in [9.17, 15) is 9.90 Å². The van der Waals surface area contributed by atoms with E-state index in [1.165, 1.54) is 6.26 Å². The number of likely N-dealkylation sites (tertiary alicyclic amines) is 1. The molecule has 0 aromatic carbocycles. The third kappa shape index (κ3) is 2.88. The van der Waals surface area contributed by atoms with Crippen LogP contribution in [0.4, 0.5) is 0 Å². The van der Waals surface area contributed by atoms with Gasteiger partial charge in [0.05, 0.1) is 24.6 Å². The SMILES string of the molecule is Cc1occc1C(=O)N1CCC[C@@](O)(c2cn(C(C)C)nn2)C1. The number of hydrogen-bond acceptors (Lipinski definition) is 5. The van der Waals surface area contributed by atoms with Crippen molar-refractivity contribution in [2.24, 2.45) is 0 Å². The maximum Gasteiger partial charge on any atom is 0.257 e. The number of aliphatic hydroxyl groups is 1. The molecule has 2 aromatic heterocycles. The van der Waals surface area contributed by atoms with Gasteiger partial charge in [0, 0.05) is 12.6 Å². The summed E-state index contributed by atoms with van der Waals surface area (Å²) >= 11 is 0. The minimum atomic E-state index is -1.15. The number of nitrogens with zero attached hydrogens (tertiary/aromatic N) is 4. The molecular formula is C16H22N4O3. The fraction of sp³-hybridized carbons (Fsp3) is 0.562. The summed E-state index contributed by atoms with van der Waals surface area (Å²) in [6, 6.07) is 1.84. The Morgan fingerprint density at radius 1 is 1.48 bits per heavy atom. The molecule has 1 amide bonds. The Morgan fingerprint density at radius 3 is 2.87 bits per heavy atom. The third-order valence-electron chi connectivity index (χ3n) is 4.36. The normalized spacial score (nSPS) is 21.9. The number of β-amino-alcohol motifs (C(OH)–C–C–N with tert-alkyl or cyclic N) is 1. The number of carbonyl (C=O) groups excluding carboxylic acids is 1. The molecule has 3 heterocycles. The molecular weight excluding hydrogens is 296 g/mol. The van der Waals surface area contributed by atoms with E-state index in [-0.39, 0.29) is 18.5 Å². The Labute approximate surface area is 134 Å². The van der Waals surface area contributed by atoms with Gasteiger partial charge in [0.2, 0.25) is 0 Å². The average molecular weight is 318 g/mol. The number of rotatable bonds is 3. The predicted octanol–water partition coefficient (Wildman–Crippen LogP) is 1.88. The average Bonchev–Trinajstić information content (AvgIpc) is 3.15. The van der Waals surface area contributed by atoms with Crippen LogP contribution in [0.1, 0.15) is 54.5 Å². The number of amides is 1. The number of furan rings is 1. The molecule has 0 bridgehead atoms. The molecule has 7 heteroatoms. The highest BCUT2D eigenvalue weighted by Gasteiger charge is 2.39. The Kier molecular flexibility index (Phi) is 3.97. The molecule has 0 radical (unpaired) electrons. The zero-order valence-electron chi connectivity index (χ0n) is 13.7. The summed E-state index contributed by atoms with van der Waals surface area (Å²) in [6.07, 6.45) is 4.56. The molecule has 0 aliphatic carbocycles. The van der Waals surface area contributed by atoms with E-state index in [1.807, 2.05) is 13.8 Å². The van der Waals surface area contributed by atoms with Crippen LogP contribution in [0.5, 0.6) is 0 Å². The van der Waals surface area contributed by atoms with Crippen molar-refractivity contribution < 1.29 is 14.3 Å². The summed E-state index contributed by atoms with van der Waals surface area (Å²) in [5.74, 6) is 0.473. The molecule has 124 valence electrons. The minimum absolute atomic E-state index is 0.120. The number of aryl methyl sites for hydroxylation is 1. The maximum absolute atomic E-state index is 12.6. The van der Waals surface area contributed by atoms with E-state index in [2.05, 4.69) is 10.3 Å². The topological polar surface area (TPSA) is 84.4 Å². The van der Waals surface area contributed by atoms with Crippen LogP contribution in [0.15, 0.2) is 22.9 Å². The molecule has 2 aromatic rings. The van der Waals surface area contributed by atoms with Crippen LogP contribution >= 0.6 is 0 Å². The number of aromatic nitrogens is 3. The zero-order chi connectivity index (χ0) is 16.6. The van der Waals surface area contributed by atoms with Crippen LogP contribution in [-0.4, -0.2) is 44.0 Å². The summed E-state index contributed by atoms with van der Waals surface area (Å²) in [4.78, 5) is 14.3. The molecule has 1 fully saturated rings. The van der Waals surface area contributed by atoms with Gasteiger partial charge in [-0.05, 0) is 39.7 Å². The minimum Gasteiger partial charge on any atom is -0.469 e. The van der Waals surface area contributed by atoms with Gasteiger partial charge < -0.3 is 14.4 Å². The first-order chi connectivity index (χ1) is 10.9. The summed E-state index contributed by atoms with van der Waals surface area (Å²) < 4.78 is 6.92. The van der Waals surface area contributed by atoms with Gasteiger partial charge in [-0.1, -0.05) is 5.21 Å². The van der Waals surface area contributed by atoms with Gasteiger partial charge in [-0.2, -0.15) is 0 Å². The highest BCUT2D eigenvalue weighted by molar-refractivity contribution is 5.95. The Balaban J connectivity index is 1.81. The van der Waals surface area contributed by atoms with Crippen LogP contribution in [0, 0.1) is 6.92 Å². The van der Waals surface area contributed by atoms with Crippen LogP contribution in [0.2, 0.25) is 0 Å². The lowest BCUT2D eigenvalue weighted by atomic mass is 9.89. The highest BCUT2D eigenvalue weighted by Crippen LogP contribution is 2.31. The van der Waals surface area contributed by atoms with Crippen LogP contribution < -0.4 is 0 Å². The molecule has 0 saturated carbocycles. The lowest BCUT2D eigenvalue weighted by Crippen LogP contribution is -2.48. The van der Waals surface area contributed by atoms with Crippen molar-refractivity contribution in [1.29, 1.82) is 0 Å². The summed E-state index contributed by atoms with van der Waals surface area (Å²) in [5, 5.41) is 19.2. The van der Waals surface area contributed by atoms with Gasteiger partial charge in [-0.3, -0.25) is 4.79 Å². The fourth-order valence-electron chi connectivity index (χ4n) is 2.94. The predicted molar refractivity (Wildman–Crippen MR) is 82.9 cm³/mol. The van der Waals surface area contributed by atoms with E-state index >= 15 is 0 Å². The fourth-order valence-corrected chi connectivity index (χ4v) is 2.94. The van der Waals surface area contributed by atoms with E-state index in [0.29, 0.717) is 36.4 Å². The van der Waals surface area contributed by atoms with Crippen molar-refractivity contribution >= 4 is 5.91 Å². The van der Waals surface area contributed by atoms with Crippen molar-refractivity contribution in [2.75, 3.05) is 13.1 Å². The second-order valence-electron chi connectivity index (χ2n) is 6.43. The van der Waals surface area contributed by atoms with Gasteiger partial charge in [-0.15, -0.1) is 5.10 Å². The Bertz CT molecular complexity index is 706. The largest absolute Gasteiger partial charge is 0.469 e. The monoisotopic (exact) mass is 318 g/mol. The molecule has 0 unspecified atom stereocenters. The Morgan fingerprint density at radius 2 is 2.26 bits per heavy atom. The summed E-state index contributed by atoms with van der Waals surface area (Å²) in [6.45, 7) is 6.59. The molecule has 1 N–H and O–H groups in total. The van der Waals surface area contributed by atoms with Crippen LogP contribution in [0.3, 0.4) is 0 Å². The summed E-state index contributed by atoms with van der Waals surface area (Å²) in [7, 11) is 0. The van der Waals surface area contributed by atoms with Crippen molar-refractivity contribution in [3.63, 3.8) is 0 Å². The molecule has 1 atom stereocenters. The van der Waals surface area contributed by atoms with Gasteiger partial charge in [-0.25, -0.2) is 4.68 Å². The molecule has 1 aliphatic heterocycles. The summed E-state index contributed by atoms with van der Waals surface area (Å²) in [5.41, 5.74) is -0.0914. The molecule has 1 aliphatic rings. The number of hydrogen-bond donors (Lipinski definition) is 1. The lowest BCUT2D eigenvalue weighted by Gasteiger charge is -2.37. The van der Waals surface area contributed by atoms with Crippen LogP contribution in [0.25, 0.3) is 0 Å². The second-order valence-corrected chi connectivity index (χ2v) is 6.43. The van der Waals surface area contributed by atoms with Gasteiger partial charge in [0.25, 0.3) is 5.91 Å². The van der Waals surface area contributed by atoms with E-state index in [1.54, 1.807) is 28.8 Å². The number of carbonyl (C=O) groups is 1. The first-order valence-electron chi connectivity index (χ1n) is 7.89.